The van der Waals surface area contributed by atoms with E-state index in [1.807, 2.05) is 27.1 Å². The Morgan fingerprint density at radius 2 is 2.33 bits per heavy atom. The fourth-order valence-electron chi connectivity index (χ4n) is 1.30. The third kappa shape index (κ3) is 3.92. The van der Waals surface area contributed by atoms with Crippen molar-refractivity contribution in [2.45, 2.75) is 13.0 Å². The number of hydrogen-bond donors (Lipinski definition) is 1. The fourth-order valence-corrected chi connectivity index (χ4v) is 1.30. The van der Waals surface area contributed by atoms with E-state index in [2.05, 4.69) is 20.2 Å². The predicted molar refractivity (Wildman–Crippen MR) is 58.4 cm³/mol. The molecule has 0 spiro atoms. The van der Waals surface area contributed by atoms with E-state index in [1.54, 1.807) is 12.3 Å². The summed E-state index contributed by atoms with van der Waals surface area (Å²) in [5.41, 5.74) is 0.379. The van der Waals surface area contributed by atoms with E-state index in [1.165, 1.54) is 0 Å². The van der Waals surface area contributed by atoms with Gasteiger partial charge in [0.25, 0.3) is 0 Å². The average molecular weight is 205 g/mol. The number of anilines is 1. The van der Waals surface area contributed by atoms with Crippen molar-refractivity contribution in [1.29, 1.82) is 5.26 Å². The molecule has 0 radical (unpaired) electrons. The zero-order valence-electron chi connectivity index (χ0n) is 9.23. The van der Waals surface area contributed by atoms with Gasteiger partial charge in [0.05, 0.1) is 0 Å². The molecule has 5 heteroatoms. The minimum atomic E-state index is 0.244. The Kier molecular flexibility index (Phi) is 4.01. The monoisotopic (exact) mass is 205 g/mol. The van der Waals surface area contributed by atoms with Gasteiger partial charge in [-0.25, -0.2) is 9.97 Å². The van der Waals surface area contributed by atoms with Crippen molar-refractivity contribution in [2.75, 3.05) is 26.0 Å². The molecule has 0 fully saturated rings. The molecule has 80 valence electrons. The summed E-state index contributed by atoms with van der Waals surface area (Å²) >= 11 is 0. The maximum absolute atomic E-state index is 8.67. The van der Waals surface area contributed by atoms with Crippen LogP contribution in [-0.4, -0.2) is 41.5 Å². The maximum Gasteiger partial charge on any atom is 0.224 e. The van der Waals surface area contributed by atoms with Gasteiger partial charge in [0, 0.05) is 18.8 Å². The lowest BCUT2D eigenvalue weighted by Gasteiger charge is -2.17. The van der Waals surface area contributed by atoms with Crippen LogP contribution < -0.4 is 5.32 Å². The summed E-state index contributed by atoms with van der Waals surface area (Å²) in [4.78, 5) is 10.2. The van der Waals surface area contributed by atoms with E-state index in [-0.39, 0.29) is 6.04 Å². The molecule has 15 heavy (non-hydrogen) atoms. The molecular formula is C10H15N5. The van der Waals surface area contributed by atoms with Gasteiger partial charge in [0.1, 0.15) is 11.8 Å². The number of likely N-dealkylation sites (N-methyl/N-ethyl adjacent to an activating group) is 1. The Morgan fingerprint density at radius 1 is 1.60 bits per heavy atom. The van der Waals surface area contributed by atoms with Crippen molar-refractivity contribution in [3.05, 3.63) is 18.0 Å². The van der Waals surface area contributed by atoms with Crippen molar-refractivity contribution in [3.63, 3.8) is 0 Å². The summed E-state index contributed by atoms with van der Waals surface area (Å²) in [7, 11) is 4.01. The van der Waals surface area contributed by atoms with Gasteiger partial charge in [0.15, 0.2) is 0 Å². The van der Waals surface area contributed by atoms with Crippen LogP contribution in [0.2, 0.25) is 0 Å². The minimum absolute atomic E-state index is 0.244. The van der Waals surface area contributed by atoms with Gasteiger partial charge >= 0.3 is 0 Å². The summed E-state index contributed by atoms with van der Waals surface area (Å²) in [5.74, 6) is 0.503. The van der Waals surface area contributed by atoms with Crippen molar-refractivity contribution < 1.29 is 0 Å². The van der Waals surface area contributed by atoms with Gasteiger partial charge in [0.2, 0.25) is 5.95 Å². The molecule has 1 atom stereocenters. The van der Waals surface area contributed by atoms with Crippen LogP contribution in [0, 0.1) is 11.3 Å². The third-order valence-electron chi connectivity index (χ3n) is 1.78. The summed E-state index contributed by atoms with van der Waals surface area (Å²) in [6, 6.07) is 3.81. The second kappa shape index (κ2) is 5.27. The standard InChI is InChI=1S/C10H15N5/c1-8(7-15(2)3)13-10-12-5-4-9(6-11)14-10/h4-5,8H,7H2,1-3H3,(H,12,13,14). The molecule has 0 bridgehead atoms. The van der Waals surface area contributed by atoms with Gasteiger partial charge in [-0.15, -0.1) is 0 Å². The summed E-state index contributed by atoms with van der Waals surface area (Å²) in [6.45, 7) is 2.93. The van der Waals surface area contributed by atoms with Crippen molar-refractivity contribution >= 4 is 5.95 Å². The molecule has 0 saturated heterocycles. The molecule has 1 aromatic rings. The lowest BCUT2D eigenvalue weighted by Crippen LogP contribution is -2.30. The second-order valence-electron chi connectivity index (χ2n) is 3.68. The lowest BCUT2D eigenvalue weighted by atomic mass is 10.3. The highest BCUT2D eigenvalue weighted by atomic mass is 15.2. The fraction of sp³-hybridized carbons (Fsp3) is 0.500. The van der Waals surface area contributed by atoms with E-state index < -0.39 is 0 Å². The van der Waals surface area contributed by atoms with Gasteiger partial charge in [-0.2, -0.15) is 5.26 Å². The normalized spacial score (nSPS) is 12.2. The number of rotatable bonds is 4. The van der Waals surface area contributed by atoms with Crippen LogP contribution in [0.4, 0.5) is 5.95 Å². The molecule has 1 unspecified atom stereocenters. The topological polar surface area (TPSA) is 64.8 Å². The average Bonchev–Trinajstić information content (AvgIpc) is 2.16. The van der Waals surface area contributed by atoms with E-state index in [4.69, 9.17) is 5.26 Å². The molecule has 1 N–H and O–H groups in total. The maximum atomic E-state index is 8.67. The SMILES string of the molecule is CC(CN(C)C)Nc1nccc(C#N)n1. The smallest absolute Gasteiger partial charge is 0.224 e. The zero-order valence-corrected chi connectivity index (χ0v) is 9.23. The highest BCUT2D eigenvalue weighted by Gasteiger charge is 2.05. The van der Waals surface area contributed by atoms with Crippen LogP contribution in [0.1, 0.15) is 12.6 Å². The van der Waals surface area contributed by atoms with Crippen LogP contribution in [0.5, 0.6) is 0 Å². The number of nitrogens with one attached hydrogen (secondary N) is 1. The van der Waals surface area contributed by atoms with Crippen LogP contribution in [0.15, 0.2) is 12.3 Å². The summed E-state index contributed by atoms with van der Waals surface area (Å²) in [5, 5.41) is 11.8. The predicted octanol–water partition coefficient (Wildman–Crippen LogP) is 0.710. The Morgan fingerprint density at radius 3 is 2.93 bits per heavy atom. The van der Waals surface area contributed by atoms with E-state index in [9.17, 15) is 0 Å². The summed E-state index contributed by atoms with van der Waals surface area (Å²) in [6.07, 6.45) is 1.58. The van der Waals surface area contributed by atoms with E-state index in [0.29, 0.717) is 11.6 Å². The molecule has 0 aromatic carbocycles. The molecule has 1 heterocycles. The molecule has 0 amide bonds. The minimum Gasteiger partial charge on any atom is -0.350 e. The number of aromatic nitrogens is 2. The third-order valence-corrected chi connectivity index (χ3v) is 1.78. The van der Waals surface area contributed by atoms with Crippen molar-refractivity contribution in [3.8, 4) is 6.07 Å². The Bertz CT molecular complexity index is 355. The molecule has 1 aromatic heterocycles. The lowest BCUT2D eigenvalue weighted by molar-refractivity contribution is 0.391. The number of nitriles is 1. The molecule has 0 aliphatic heterocycles. The van der Waals surface area contributed by atoms with Crippen LogP contribution in [-0.2, 0) is 0 Å². The van der Waals surface area contributed by atoms with Gasteiger partial charge in [-0.1, -0.05) is 0 Å². The van der Waals surface area contributed by atoms with Crippen LogP contribution in [0.25, 0.3) is 0 Å². The van der Waals surface area contributed by atoms with Crippen molar-refractivity contribution in [1.82, 2.24) is 14.9 Å². The first kappa shape index (κ1) is 11.4. The highest BCUT2D eigenvalue weighted by Crippen LogP contribution is 2.01. The first-order valence-electron chi connectivity index (χ1n) is 4.76. The molecule has 5 nitrogen and oxygen atoms in total. The first-order valence-corrected chi connectivity index (χ1v) is 4.76. The van der Waals surface area contributed by atoms with Crippen molar-refractivity contribution in [2.24, 2.45) is 0 Å². The Hall–Kier alpha value is -1.67. The quantitative estimate of drug-likeness (QED) is 0.784. The first-order chi connectivity index (χ1) is 7.11. The summed E-state index contributed by atoms with van der Waals surface area (Å²) < 4.78 is 0. The number of nitrogens with zero attached hydrogens (tertiary/aromatic N) is 4. The molecule has 0 saturated carbocycles. The molecule has 0 aliphatic rings. The Balaban J connectivity index is 2.60. The zero-order chi connectivity index (χ0) is 11.3. The largest absolute Gasteiger partial charge is 0.350 e. The van der Waals surface area contributed by atoms with Crippen LogP contribution >= 0.6 is 0 Å². The molecular weight excluding hydrogens is 190 g/mol. The van der Waals surface area contributed by atoms with Gasteiger partial charge in [-0.05, 0) is 27.1 Å². The Labute approximate surface area is 89.8 Å². The van der Waals surface area contributed by atoms with E-state index >= 15 is 0 Å². The molecule has 1 rings (SSSR count). The molecule has 0 aliphatic carbocycles. The highest BCUT2D eigenvalue weighted by molar-refractivity contribution is 5.30. The van der Waals surface area contributed by atoms with Crippen LogP contribution in [0.3, 0.4) is 0 Å². The number of hydrogen-bond acceptors (Lipinski definition) is 5. The van der Waals surface area contributed by atoms with E-state index in [0.717, 1.165) is 6.54 Å². The van der Waals surface area contributed by atoms with Gasteiger partial charge < -0.3 is 10.2 Å². The second-order valence-corrected chi connectivity index (χ2v) is 3.68. The van der Waals surface area contributed by atoms with Gasteiger partial charge in [-0.3, -0.25) is 0 Å².